The molecule has 3 rings (SSSR count). The summed E-state index contributed by atoms with van der Waals surface area (Å²) in [7, 11) is 0. The second-order valence-corrected chi connectivity index (χ2v) is 5.04. The van der Waals surface area contributed by atoms with Crippen LogP contribution in [0.1, 0.15) is 29.0 Å². The highest BCUT2D eigenvalue weighted by Crippen LogP contribution is 2.35. The van der Waals surface area contributed by atoms with Gasteiger partial charge in [-0.1, -0.05) is 60.7 Å². The smallest absolute Gasteiger partial charge is 0.0471 e. The maximum absolute atomic E-state index is 9.26. The first-order valence-electron chi connectivity index (χ1n) is 6.83. The van der Waals surface area contributed by atoms with Gasteiger partial charge in [-0.05, 0) is 35.1 Å². The highest BCUT2D eigenvalue weighted by Gasteiger charge is 2.19. The number of aliphatic hydroxyl groups excluding tert-OH is 1. The molecule has 1 aliphatic carbocycles. The fourth-order valence-corrected chi connectivity index (χ4v) is 2.89. The monoisotopic (exact) mass is 286 g/mol. The van der Waals surface area contributed by atoms with Gasteiger partial charge in [0.15, 0.2) is 0 Å². The predicted octanol–water partition coefficient (Wildman–Crippen LogP) is 4.21. The predicted molar refractivity (Wildman–Crippen MR) is 86.3 cm³/mol. The van der Waals surface area contributed by atoms with Crippen molar-refractivity contribution in [2.45, 2.75) is 18.8 Å². The second kappa shape index (κ2) is 6.74. The highest BCUT2D eigenvalue weighted by atomic mass is 35.5. The van der Waals surface area contributed by atoms with E-state index in [9.17, 15) is 5.11 Å². The Labute approximate surface area is 126 Å². The summed E-state index contributed by atoms with van der Waals surface area (Å²) in [5.41, 5.74) is 5.33. The topological polar surface area (TPSA) is 20.2 Å². The van der Waals surface area contributed by atoms with E-state index in [-0.39, 0.29) is 19.0 Å². The molecule has 1 N–H and O–H groups in total. The van der Waals surface area contributed by atoms with E-state index in [1.807, 2.05) is 0 Å². The SMILES string of the molecule is Cl.OCCC1=CC(c2ccccc2)Cc2ccccc21. The molecule has 0 aliphatic heterocycles. The molecule has 0 fully saturated rings. The standard InChI is InChI=1S/C18H18O.ClH/c19-11-10-16-13-17(14-6-2-1-3-7-14)12-15-8-4-5-9-18(15)16;/h1-9,13,17,19H,10-12H2;1H. The zero-order valence-electron chi connectivity index (χ0n) is 11.3. The number of halogens is 1. The van der Waals surface area contributed by atoms with Crippen molar-refractivity contribution in [2.75, 3.05) is 6.61 Å². The number of fused-ring (bicyclic) bond motifs is 1. The first-order valence-corrected chi connectivity index (χ1v) is 6.83. The maximum Gasteiger partial charge on any atom is 0.0471 e. The molecule has 0 amide bonds. The van der Waals surface area contributed by atoms with Gasteiger partial charge in [0.25, 0.3) is 0 Å². The molecule has 2 aromatic carbocycles. The number of allylic oxidation sites excluding steroid dienone is 1. The summed E-state index contributed by atoms with van der Waals surface area (Å²) in [4.78, 5) is 0. The molecule has 2 heteroatoms. The van der Waals surface area contributed by atoms with Crippen molar-refractivity contribution in [2.24, 2.45) is 0 Å². The van der Waals surface area contributed by atoms with Crippen LogP contribution >= 0.6 is 12.4 Å². The molecule has 1 atom stereocenters. The minimum absolute atomic E-state index is 0. The molecular formula is C18H19ClO. The normalized spacial score (nSPS) is 16.9. The lowest BCUT2D eigenvalue weighted by Gasteiger charge is -2.24. The largest absolute Gasteiger partial charge is 0.396 e. The minimum Gasteiger partial charge on any atom is -0.396 e. The molecule has 0 saturated heterocycles. The van der Waals surface area contributed by atoms with Crippen LogP contribution in [-0.2, 0) is 6.42 Å². The average molecular weight is 287 g/mol. The van der Waals surface area contributed by atoms with Crippen molar-refractivity contribution >= 4 is 18.0 Å². The summed E-state index contributed by atoms with van der Waals surface area (Å²) >= 11 is 0. The summed E-state index contributed by atoms with van der Waals surface area (Å²) < 4.78 is 0. The maximum atomic E-state index is 9.26. The van der Waals surface area contributed by atoms with Crippen molar-refractivity contribution < 1.29 is 5.11 Å². The Hall–Kier alpha value is -1.57. The molecule has 0 bridgehead atoms. The van der Waals surface area contributed by atoms with E-state index >= 15 is 0 Å². The number of hydrogen-bond acceptors (Lipinski definition) is 1. The molecule has 0 saturated carbocycles. The Morgan fingerprint density at radius 1 is 0.950 bits per heavy atom. The van der Waals surface area contributed by atoms with Crippen LogP contribution in [0, 0.1) is 0 Å². The van der Waals surface area contributed by atoms with E-state index in [0.717, 1.165) is 12.8 Å². The Bertz CT molecular complexity index is 589. The molecule has 0 heterocycles. The molecule has 0 radical (unpaired) electrons. The third-order valence-electron chi connectivity index (χ3n) is 3.81. The van der Waals surface area contributed by atoms with Crippen molar-refractivity contribution in [3.63, 3.8) is 0 Å². The van der Waals surface area contributed by atoms with Crippen molar-refractivity contribution in [1.29, 1.82) is 0 Å². The first-order chi connectivity index (χ1) is 9.38. The van der Waals surface area contributed by atoms with Crippen LogP contribution in [0.4, 0.5) is 0 Å². The second-order valence-electron chi connectivity index (χ2n) is 5.04. The number of benzene rings is 2. The molecule has 2 aromatic rings. The molecule has 0 aromatic heterocycles. The van der Waals surface area contributed by atoms with E-state index in [0.29, 0.717) is 5.92 Å². The van der Waals surface area contributed by atoms with Gasteiger partial charge in [0.2, 0.25) is 0 Å². The van der Waals surface area contributed by atoms with Gasteiger partial charge >= 0.3 is 0 Å². The number of aliphatic hydroxyl groups is 1. The summed E-state index contributed by atoms with van der Waals surface area (Å²) in [6.07, 6.45) is 4.11. The molecule has 1 aliphatic rings. The van der Waals surface area contributed by atoms with E-state index < -0.39 is 0 Å². The van der Waals surface area contributed by atoms with Crippen LogP contribution in [0.25, 0.3) is 5.57 Å². The third-order valence-corrected chi connectivity index (χ3v) is 3.81. The zero-order valence-corrected chi connectivity index (χ0v) is 12.1. The van der Waals surface area contributed by atoms with E-state index in [4.69, 9.17) is 0 Å². The van der Waals surface area contributed by atoms with Gasteiger partial charge in [0, 0.05) is 12.5 Å². The van der Waals surface area contributed by atoms with Crippen LogP contribution in [-0.4, -0.2) is 11.7 Å². The Morgan fingerprint density at radius 3 is 2.40 bits per heavy atom. The Morgan fingerprint density at radius 2 is 1.65 bits per heavy atom. The molecule has 104 valence electrons. The van der Waals surface area contributed by atoms with E-state index in [1.54, 1.807) is 0 Å². The van der Waals surface area contributed by atoms with Gasteiger partial charge in [0.1, 0.15) is 0 Å². The van der Waals surface area contributed by atoms with E-state index in [2.05, 4.69) is 60.7 Å². The first kappa shape index (κ1) is 14.8. The fraction of sp³-hybridized carbons (Fsp3) is 0.222. The lowest BCUT2D eigenvalue weighted by Crippen LogP contribution is -2.09. The van der Waals surface area contributed by atoms with Crippen molar-refractivity contribution in [3.05, 3.63) is 77.4 Å². The van der Waals surface area contributed by atoms with E-state index in [1.165, 1.54) is 22.3 Å². The van der Waals surface area contributed by atoms with Crippen LogP contribution in [0.15, 0.2) is 60.7 Å². The minimum atomic E-state index is 0. The van der Waals surface area contributed by atoms with Crippen molar-refractivity contribution in [1.82, 2.24) is 0 Å². The molecule has 1 unspecified atom stereocenters. The van der Waals surface area contributed by atoms with Gasteiger partial charge < -0.3 is 5.11 Å². The molecule has 20 heavy (non-hydrogen) atoms. The molecular weight excluding hydrogens is 268 g/mol. The number of hydrogen-bond donors (Lipinski definition) is 1. The summed E-state index contributed by atoms with van der Waals surface area (Å²) in [5.74, 6) is 0.428. The lowest BCUT2D eigenvalue weighted by atomic mass is 9.80. The van der Waals surface area contributed by atoms with Gasteiger partial charge in [-0.15, -0.1) is 12.4 Å². The van der Waals surface area contributed by atoms with Crippen LogP contribution in [0.2, 0.25) is 0 Å². The fourth-order valence-electron chi connectivity index (χ4n) is 2.89. The van der Waals surface area contributed by atoms with Gasteiger partial charge in [-0.3, -0.25) is 0 Å². The summed E-state index contributed by atoms with van der Waals surface area (Å²) in [6.45, 7) is 0.210. The highest BCUT2D eigenvalue weighted by molar-refractivity contribution is 5.85. The van der Waals surface area contributed by atoms with Gasteiger partial charge in [-0.25, -0.2) is 0 Å². The molecule has 1 nitrogen and oxygen atoms in total. The summed E-state index contributed by atoms with van der Waals surface area (Å²) in [5, 5.41) is 9.26. The average Bonchev–Trinajstić information content (AvgIpc) is 2.48. The third kappa shape index (κ3) is 2.95. The van der Waals surface area contributed by atoms with Crippen molar-refractivity contribution in [3.8, 4) is 0 Å². The number of rotatable bonds is 3. The van der Waals surface area contributed by atoms with Crippen LogP contribution < -0.4 is 0 Å². The van der Waals surface area contributed by atoms with Crippen LogP contribution in [0.3, 0.4) is 0 Å². The molecule has 0 spiro atoms. The lowest BCUT2D eigenvalue weighted by molar-refractivity contribution is 0.304. The van der Waals surface area contributed by atoms with Gasteiger partial charge in [-0.2, -0.15) is 0 Å². The van der Waals surface area contributed by atoms with Gasteiger partial charge in [0.05, 0.1) is 0 Å². The zero-order chi connectivity index (χ0) is 13.1. The Kier molecular flexibility index (Phi) is 4.99. The quantitative estimate of drug-likeness (QED) is 0.896. The Balaban J connectivity index is 0.00000147. The summed E-state index contributed by atoms with van der Waals surface area (Å²) in [6, 6.07) is 19.2. The van der Waals surface area contributed by atoms with Crippen LogP contribution in [0.5, 0.6) is 0 Å².